The highest BCUT2D eigenvalue weighted by molar-refractivity contribution is 5.81. The number of nitriles is 2. The van der Waals surface area contributed by atoms with Crippen molar-refractivity contribution >= 4 is 47.3 Å². The highest BCUT2D eigenvalue weighted by Crippen LogP contribution is 2.44. The van der Waals surface area contributed by atoms with Crippen LogP contribution in [-0.2, 0) is 13.1 Å². The van der Waals surface area contributed by atoms with Crippen LogP contribution in [0.2, 0.25) is 0 Å². The molecule has 0 amide bonds. The predicted octanol–water partition coefficient (Wildman–Crippen LogP) is 5.51. The van der Waals surface area contributed by atoms with Crippen molar-refractivity contribution < 1.29 is 10.2 Å². The van der Waals surface area contributed by atoms with Crippen molar-refractivity contribution in [2.24, 2.45) is 0 Å². The Morgan fingerprint density at radius 1 is 0.574 bits per heavy atom. The molecule has 14 heteroatoms. The van der Waals surface area contributed by atoms with Crippen LogP contribution >= 0.6 is 0 Å². The van der Waals surface area contributed by atoms with E-state index >= 15 is 0 Å². The Morgan fingerprint density at radius 3 is 1.43 bits per heavy atom. The first-order chi connectivity index (χ1) is 33.1. The van der Waals surface area contributed by atoms with Gasteiger partial charge in [0.1, 0.15) is 0 Å². The smallest absolute Gasteiger partial charge is 0.0991 e. The van der Waals surface area contributed by atoms with E-state index in [1.165, 1.54) is 46.1 Å². The van der Waals surface area contributed by atoms with Crippen LogP contribution in [0.4, 0.5) is 22.7 Å². The number of nitrogens with one attached hydrogen (secondary N) is 4. The lowest BCUT2D eigenvalue weighted by molar-refractivity contribution is 0.134. The zero-order valence-electron chi connectivity index (χ0n) is 39.2. The molecule has 0 aliphatic carbocycles. The average molecular weight is 913 g/mol. The Labute approximate surface area is 401 Å². The maximum Gasteiger partial charge on any atom is 0.0991 e. The number of β-amino-alcohol motifs (C(OH)–C–C–N with tert-alkyl or cyclic N) is 2. The fourth-order valence-corrected chi connectivity index (χ4v) is 11.3. The summed E-state index contributed by atoms with van der Waals surface area (Å²) in [5, 5.41) is 60.5. The maximum absolute atomic E-state index is 10.2. The molecule has 4 fully saturated rings. The van der Waals surface area contributed by atoms with Crippen LogP contribution in [0, 0.1) is 33.5 Å². The van der Waals surface area contributed by atoms with Crippen molar-refractivity contribution in [2.75, 3.05) is 98.1 Å². The van der Waals surface area contributed by atoms with E-state index in [0.717, 1.165) is 87.9 Å². The standard InChI is InChI=1S/2C27H32N6O/c2*1-19-15-32(26-7-4-20(13-29)11-21(26)3-2-8-28)18-27-25-6-5-23(12-22(25)16-33(19)27)31-10-9-30-14-24(34)17-31/h2*2-8,11-12,19,24,27-28,30,34H,9-10,14-18H2,1H3/b2*3-2-,28-8?/t19-,24+,27-;19-,24-,27-/m11/s1. The molecule has 0 aromatic heterocycles. The number of hydrogen-bond acceptors (Lipinski definition) is 14. The van der Waals surface area contributed by atoms with E-state index in [0.29, 0.717) is 61.5 Å². The van der Waals surface area contributed by atoms with E-state index in [2.05, 4.69) is 102 Å². The third-order valence-corrected chi connectivity index (χ3v) is 14.6. The van der Waals surface area contributed by atoms with Gasteiger partial charge in [0.25, 0.3) is 0 Å². The Morgan fingerprint density at radius 2 is 1.01 bits per heavy atom. The predicted molar refractivity (Wildman–Crippen MR) is 273 cm³/mol. The third-order valence-electron chi connectivity index (χ3n) is 14.6. The van der Waals surface area contributed by atoms with Gasteiger partial charge in [0.15, 0.2) is 0 Å². The van der Waals surface area contributed by atoms with Crippen molar-refractivity contribution in [3.05, 3.63) is 129 Å². The number of allylic oxidation sites excluding steroid dienone is 2. The van der Waals surface area contributed by atoms with Crippen LogP contribution in [0.5, 0.6) is 0 Å². The summed E-state index contributed by atoms with van der Waals surface area (Å²) in [6.07, 6.45) is 9.10. The molecule has 0 bridgehead atoms. The second-order valence-corrected chi connectivity index (χ2v) is 19.1. The largest absolute Gasteiger partial charge is 0.390 e. The molecular weight excluding hydrogens is 849 g/mol. The topological polar surface area (TPSA) is 179 Å². The number of aliphatic hydroxyl groups excluding tert-OH is 2. The van der Waals surface area contributed by atoms with Gasteiger partial charge in [-0.2, -0.15) is 10.5 Å². The summed E-state index contributed by atoms with van der Waals surface area (Å²) in [6, 6.07) is 31.2. The second kappa shape index (κ2) is 20.9. The number of nitrogens with zero attached hydrogens (tertiary/aromatic N) is 8. The van der Waals surface area contributed by atoms with Gasteiger partial charge in [0, 0.05) is 139 Å². The molecule has 10 rings (SSSR count). The molecule has 4 aromatic carbocycles. The molecule has 352 valence electrons. The van der Waals surface area contributed by atoms with E-state index in [1.807, 2.05) is 48.6 Å². The molecule has 0 radical (unpaired) electrons. The summed E-state index contributed by atoms with van der Waals surface area (Å²) in [5.41, 5.74) is 13.4. The molecule has 6 aliphatic rings. The van der Waals surface area contributed by atoms with Crippen molar-refractivity contribution in [3.8, 4) is 12.1 Å². The molecule has 6 atom stereocenters. The Hall–Kier alpha value is -6.36. The molecule has 0 unspecified atom stereocenters. The van der Waals surface area contributed by atoms with E-state index in [1.54, 1.807) is 12.2 Å². The van der Waals surface area contributed by atoms with Gasteiger partial charge in [-0.15, -0.1) is 0 Å². The molecule has 6 aliphatic heterocycles. The number of rotatable bonds is 8. The minimum atomic E-state index is -0.348. The average Bonchev–Trinajstić information content (AvgIpc) is 3.73. The zero-order valence-corrected chi connectivity index (χ0v) is 39.2. The van der Waals surface area contributed by atoms with Crippen molar-refractivity contribution in [3.63, 3.8) is 0 Å². The van der Waals surface area contributed by atoms with E-state index in [9.17, 15) is 20.7 Å². The number of fused-ring (bicyclic) bond motifs is 6. The zero-order chi connectivity index (χ0) is 47.3. The van der Waals surface area contributed by atoms with Gasteiger partial charge < -0.3 is 51.3 Å². The first kappa shape index (κ1) is 46.7. The van der Waals surface area contributed by atoms with Crippen molar-refractivity contribution in [1.82, 2.24) is 20.4 Å². The first-order valence-corrected chi connectivity index (χ1v) is 24.1. The summed E-state index contributed by atoms with van der Waals surface area (Å²) in [6.45, 7) is 16.3. The maximum atomic E-state index is 10.2. The molecule has 0 spiro atoms. The monoisotopic (exact) mass is 913 g/mol. The molecular formula is C54H64N12O2. The van der Waals surface area contributed by atoms with Crippen LogP contribution in [0.15, 0.2) is 84.9 Å². The van der Waals surface area contributed by atoms with Crippen LogP contribution in [0.25, 0.3) is 12.2 Å². The fourth-order valence-electron chi connectivity index (χ4n) is 11.3. The third kappa shape index (κ3) is 9.94. The number of anilines is 4. The van der Waals surface area contributed by atoms with Gasteiger partial charge in [-0.25, -0.2) is 0 Å². The van der Waals surface area contributed by atoms with E-state index < -0.39 is 0 Å². The summed E-state index contributed by atoms with van der Waals surface area (Å²) < 4.78 is 0. The van der Waals surface area contributed by atoms with Gasteiger partial charge in [0.05, 0.1) is 47.6 Å². The summed E-state index contributed by atoms with van der Waals surface area (Å²) in [7, 11) is 0. The minimum Gasteiger partial charge on any atom is -0.390 e. The van der Waals surface area contributed by atoms with Gasteiger partial charge in [-0.1, -0.05) is 24.3 Å². The Balaban J connectivity index is 0.000000170. The summed E-state index contributed by atoms with van der Waals surface area (Å²) >= 11 is 0. The fraction of sp³-hybridized carbons (Fsp3) is 0.407. The van der Waals surface area contributed by atoms with Crippen LogP contribution in [0.3, 0.4) is 0 Å². The number of aliphatic hydroxyl groups is 2. The second-order valence-electron chi connectivity index (χ2n) is 19.1. The lowest BCUT2D eigenvalue weighted by Crippen LogP contribution is -2.51. The van der Waals surface area contributed by atoms with Crippen molar-refractivity contribution in [1.29, 1.82) is 21.3 Å². The number of piperazine rings is 2. The molecule has 4 aromatic rings. The van der Waals surface area contributed by atoms with Gasteiger partial charge >= 0.3 is 0 Å². The Kier molecular flexibility index (Phi) is 14.4. The molecule has 6 heterocycles. The van der Waals surface area contributed by atoms with E-state index in [4.69, 9.17) is 10.8 Å². The highest BCUT2D eigenvalue weighted by Gasteiger charge is 2.41. The SMILES string of the molecule is C[C@@H]1CN(c2ccc(C#N)cc2/C=C\C=N)C[C@@H]2c3ccc(N4CCNC[C@@H](O)C4)cc3CN12.C[C@@H]1CN(c2ccc(C#N)cc2/C=C\C=N)C[C@@H]2c3ccc(N4CCNC[C@H](O)C4)cc3CN12. The van der Waals surface area contributed by atoms with Crippen LogP contribution < -0.4 is 30.2 Å². The summed E-state index contributed by atoms with van der Waals surface area (Å²) in [4.78, 5) is 14.6. The molecule has 68 heavy (non-hydrogen) atoms. The first-order valence-electron chi connectivity index (χ1n) is 24.1. The normalized spacial score (nSPS) is 25.0. The molecule has 4 saturated heterocycles. The molecule has 0 saturated carbocycles. The minimum absolute atomic E-state index is 0.319. The molecule has 6 N–H and O–H groups in total. The lowest BCUT2D eigenvalue weighted by Gasteiger charge is -2.44. The van der Waals surface area contributed by atoms with Gasteiger partial charge in [-0.05, 0) is 120 Å². The number of benzene rings is 4. The van der Waals surface area contributed by atoms with Crippen LogP contribution in [-0.4, -0.2) is 135 Å². The lowest BCUT2D eigenvalue weighted by atomic mass is 9.99. The van der Waals surface area contributed by atoms with Gasteiger partial charge in [-0.3, -0.25) is 9.80 Å². The highest BCUT2D eigenvalue weighted by atomic mass is 16.3. The summed E-state index contributed by atoms with van der Waals surface area (Å²) in [5.74, 6) is 0. The van der Waals surface area contributed by atoms with Gasteiger partial charge in [0.2, 0.25) is 0 Å². The Bertz CT molecular complexity index is 2460. The van der Waals surface area contributed by atoms with Crippen LogP contribution in [0.1, 0.15) is 70.4 Å². The van der Waals surface area contributed by atoms with E-state index in [-0.39, 0.29) is 12.2 Å². The van der Waals surface area contributed by atoms with Crippen molar-refractivity contribution in [2.45, 2.75) is 63.3 Å². The quantitative estimate of drug-likeness (QED) is 0.122. The molecule has 14 nitrogen and oxygen atoms in total. The number of hydrogen-bond donors (Lipinski definition) is 6.